The maximum Gasteiger partial charge on any atom is 0.251 e. The van der Waals surface area contributed by atoms with Crippen molar-refractivity contribution in [1.29, 1.82) is 0 Å². The molecule has 2 rings (SSSR count). The maximum absolute atomic E-state index is 12.3. The highest BCUT2D eigenvalue weighted by Gasteiger charge is 2.27. The molecule has 104 valence electrons. The molecule has 1 aliphatic heterocycles. The fraction of sp³-hybridized carbons (Fsp3) is 0.562. The minimum atomic E-state index is 0.0564. The lowest BCUT2D eigenvalue weighted by Gasteiger charge is -2.34. The number of carbonyl (C=O) groups is 1. The predicted octanol–water partition coefficient (Wildman–Crippen LogP) is 2.42. The Kier molecular flexibility index (Phi) is 4.25. The highest BCUT2D eigenvalue weighted by molar-refractivity contribution is 5.95. The summed E-state index contributed by atoms with van der Waals surface area (Å²) in [4.78, 5) is 12.3. The van der Waals surface area contributed by atoms with Gasteiger partial charge in [-0.1, -0.05) is 24.6 Å². The average molecular weight is 260 g/mol. The quantitative estimate of drug-likeness (QED) is 0.876. The lowest BCUT2D eigenvalue weighted by Crippen LogP contribution is -2.43. The fourth-order valence-corrected chi connectivity index (χ4v) is 2.58. The van der Waals surface area contributed by atoms with Gasteiger partial charge in [0.05, 0.1) is 0 Å². The van der Waals surface area contributed by atoms with Crippen molar-refractivity contribution >= 4 is 5.91 Å². The number of benzene rings is 1. The molecule has 1 aromatic carbocycles. The van der Waals surface area contributed by atoms with E-state index in [-0.39, 0.29) is 11.3 Å². The predicted molar refractivity (Wildman–Crippen MR) is 78.5 cm³/mol. The average Bonchev–Trinajstić information content (AvgIpc) is 2.40. The molecular weight excluding hydrogens is 236 g/mol. The van der Waals surface area contributed by atoms with Crippen molar-refractivity contribution in [3.05, 3.63) is 34.9 Å². The van der Waals surface area contributed by atoms with Crippen LogP contribution in [0.2, 0.25) is 0 Å². The van der Waals surface area contributed by atoms with Gasteiger partial charge in [0.1, 0.15) is 0 Å². The van der Waals surface area contributed by atoms with E-state index in [0.717, 1.165) is 49.2 Å². The number of amides is 1. The Hall–Kier alpha value is -1.35. The molecule has 3 nitrogen and oxygen atoms in total. The van der Waals surface area contributed by atoms with Crippen LogP contribution in [0.4, 0.5) is 0 Å². The van der Waals surface area contributed by atoms with Crippen molar-refractivity contribution in [2.75, 3.05) is 19.6 Å². The van der Waals surface area contributed by atoms with Crippen LogP contribution < -0.4 is 10.6 Å². The van der Waals surface area contributed by atoms with Crippen molar-refractivity contribution in [3.8, 4) is 0 Å². The normalized spacial score (nSPS) is 18.1. The summed E-state index contributed by atoms with van der Waals surface area (Å²) >= 11 is 0. The molecular formula is C16H24N2O. The summed E-state index contributed by atoms with van der Waals surface area (Å²) in [6.07, 6.45) is 2.25. The molecule has 0 atom stereocenters. The smallest absolute Gasteiger partial charge is 0.251 e. The molecule has 0 bridgehead atoms. The lowest BCUT2D eigenvalue weighted by atomic mass is 9.81. The van der Waals surface area contributed by atoms with E-state index in [0.29, 0.717) is 0 Å². The van der Waals surface area contributed by atoms with E-state index in [4.69, 9.17) is 0 Å². The largest absolute Gasteiger partial charge is 0.351 e. The summed E-state index contributed by atoms with van der Waals surface area (Å²) in [5.41, 5.74) is 3.21. The van der Waals surface area contributed by atoms with Gasteiger partial charge in [-0.2, -0.15) is 0 Å². The highest BCUT2D eigenvalue weighted by Crippen LogP contribution is 2.26. The zero-order valence-corrected chi connectivity index (χ0v) is 12.2. The van der Waals surface area contributed by atoms with Crippen LogP contribution in [-0.2, 0) is 0 Å². The molecule has 19 heavy (non-hydrogen) atoms. The molecule has 1 heterocycles. The van der Waals surface area contributed by atoms with Crippen LogP contribution in [0.25, 0.3) is 0 Å². The molecule has 1 saturated heterocycles. The molecule has 1 fully saturated rings. The van der Waals surface area contributed by atoms with E-state index in [2.05, 4.69) is 17.6 Å². The second kappa shape index (κ2) is 5.74. The van der Waals surface area contributed by atoms with E-state index in [9.17, 15) is 4.79 Å². The summed E-state index contributed by atoms with van der Waals surface area (Å²) in [6, 6.07) is 6.02. The molecule has 2 N–H and O–H groups in total. The molecule has 0 radical (unpaired) electrons. The number of hydrogen-bond donors (Lipinski definition) is 2. The number of aryl methyl sites for hydroxylation is 2. The molecule has 1 aromatic rings. The van der Waals surface area contributed by atoms with E-state index in [1.165, 1.54) is 0 Å². The van der Waals surface area contributed by atoms with Crippen LogP contribution in [-0.4, -0.2) is 25.5 Å². The third-order valence-electron chi connectivity index (χ3n) is 4.12. The Labute approximate surface area is 115 Å². The number of carbonyl (C=O) groups excluding carboxylic acids is 1. The molecule has 1 aliphatic rings. The van der Waals surface area contributed by atoms with E-state index >= 15 is 0 Å². The Bertz CT molecular complexity index is 462. The van der Waals surface area contributed by atoms with Crippen molar-refractivity contribution in [2.45, 2.75) is 33.6 Å². The summed E-state index contributed by atoms with van der Waals surface area (Å²) < 4.78 is 0. The van der Waals surface area contributed by atoms with E-state index in [1.807, 2.05) is 32.0 Å². The molecule has 0 aromatic heterocycles. The lowest BCUT2D eigenvalue weighted by molar-refractivity contribution is 0.0921. The Balaban J connectivity index is 1.99. The fourth-order valence-electron chi connectivity index (χ4n) is 2.58. The minimum absolute atomic E-state index is 0.0564. The second-order valence-electron chi connectivity index (χ2n) is 6.06. The van der Waals surface area contributed by atoms with Crippen LogP contribution in [0.15, 0.2) is 18.2 Å². The molecule has 0 spiro atoms. The summed E-state index contributed by atoms with van der Waals surface area (Å²) in [7, 11) is 0. The maximum atomic E-state index is 12.3. The van der Waals surface area contributed by atoms with Crippen molar-refractivity contribution in [1.82, 2.24) is 10.6 Å². The monoisotopic (exact) mass is 260 g/mol. The third-order valence-corrected chi connectivity index (χ3v) is 4.12. The highest BCUT2D eigenvalue weighted by atomic mass is 16.1. The Morgan fingerprint density at radius 1 is 1.32 bits per heavy atom. The number of nitrogens with one attached hydrogen (secondary N) is 2. The zero-order chi connectivity index (χ0) is 13.9. The molecule has 0 saturated carbocycles. The van der Waals surface area contributed by atoms with Crippen LogP contribution in [0, 0.1) is 19.3 Å². The third kappa shape index (κ3) is 3.57. The summed E-state index contributed by atoms with van der Waals surface area (Å²) in [5, 5.41) is 6.47. The van der Waals surface area contributed by atoms with E-state index < -0.39 is 0 Å². The van der Waals surface area contributed by atoms with Gasteiger partial charge in [-0.05, 0) is 56.8 Å². The molecule has 0 unspecified atom stereocenters. The van der Waals surface area contributed by atoms with Crippen LogP contribution in [0.3, 0.4) is 0 Å². The van der Waals surface area contributed by atoms with Gasteiger partial charge in [0.25, 0.3) is 5.91 Å². The topological polar surface area (TPSA) is 41.1 Å². The van der Waals surface area contributed by atoms with Gasteiger partial charge in [-0.25, -0.2) is 0 Å². The van der Waals surface area contributed by atoms with Crippen molar-refractivity contribution < 1.29 is 4.79 Å². The first-order valence-corrected chi connectivity index (χ1v) is 7.06. The van der Waals surface area contributed by atoms with Gasteiger partial charge >= 0.3 is 0 Å². The first-order valence-electron chi connectivity index (χ1n) is 7.06. The van der Waals surface area contributed by atoms with Crippen LogP contribution in [0.5, 0.6) is 0 Å². The van der Waals surface area contributed by atoms with Gasteiger partial charge in [0, 0.05) is 12.1 Å². The van der Waals surface area contributed by atoms with Gasteiger partial charge < -0.3 is 10.6 Å². The number of piperidine rings is 1. The van der Waals surface area contributed by atoms with Gasteiger partial charge in [0.2, 0.25) is 0 Å². The standard InChI is InChI=1S/C16H24N2O/c1-12-4-5-13(2)14(10-12)15(19)18-11-16(3)6-8-17-9-7-16/h4-5,10,17H,6-9,11H2,1-3H3,(H,18,19). The summed E-state index contributed by atoms with van der Waals surface area (Å²) in [6.45, 7) is 9.13. The molecule has 0 aliphatic carbocycles. The number of hydrogen-bond acceptors (Lipinski definition) is 2. The van der Waals surface area contributed by atoms with Crippen molar-refractivity contribution in [2.24, 2.45) is 5.41 Å². The zero-order valence-electron chi connectivity index (χ0n) is 12.2. The Morgan fingerprint density at radius 3 is 2.68 bits per heavy atom. The van der Waals surface area contributed by atoms with Crippen molar-refractivity contribution in [3.63, 3.8) is 0 Å². The first-order chi connectivity index (χ1) is 9.00. The SMILES string of the molecule is Cc1ccc(C)c(C(=O)NCC2(C)CCNCC2)c1. The van der Waals surface area contributed by atoms with E-state index in [1.54, 1.807) is 0 Å². The van der Waals surface area contributed by atoms with Crippen LogP contribution >= 0.6 is 0 Å². The Morgan fingerprint density at radius 2 is 2.00 bits per heavy atom. The van der Waals surface area contributed by atoms with Gasteiger partial charge in [-0.15, -0.1) is 0 Å². The molecule has 3 heteroatoms. The first kappa shape index (κ1) is 14.1. The molecule has 1 amide bonds. The summed E-state index contributed by atoms with van der Waals surface area (Å²) in [5.74, 6) is 0.0564. The van der Waals surface area contributed by atoms with Crippen LogP contribution in [0.1, 0.15) is 41.3 Å². The van der Waals surface area contributed by atoms with Gasteiger partial charge in [0.15, 0.2) is 0 Å². The second-order valence-corrected chi connectivity index (χ2v) is 6.06. The van der Waals surface area contributed by atoms with Gasteiger partial charge in [-0.3, -0.25) is 4.79 Å². The minimum Gasteiger partial charge on any atom is -0.351 e. The number of rotatable bonds is 3.